The van der Waals surface area contributed by atoms with Gasteiger partial charge >= 0.3 is 0 Å². The fraction of sp³-hybridized carbons (Fsp3) is 0.900. The van der Waals surface area contributed by atoms with Gasteiger partial charge in [-0.15, -0.1) is 11.6 Å². The summed E-state index contributed by atoms with van der Waals surface area (Å²) in [6.07, 6.45) is 3.61. The second-order valence-corrected chi connectivity index (χ2v) is 4.34. The van der Waals surface area contributed by atoms with Gasteiger partial charge in [0.25, 0.3) is 0 Å². The molecule has 3 atom stereocenters. The van der Waals surface area contributed by atoms with E-state index in [0.717, 1.165) is 12.3 Å². The van der Waals surface area contributed by atoms with Gasteiger partial charge in [-0.3, -0.25) is 4.79 Å². The zero-order valence-corrected chi connectivity index (χ0v) is 9.10. The highest BCUT2D eigenvalue weighted by Gasteiger charge is 2.27. The predicted molar refractivity (Wildman–Crippen MR) is 54.8 cm³/mol. The zero-order valence-electron chi connectivity index (χ0n) is 8.35. The van der Waals surface area contributed by atoms with Crippen LogP contribution in [0.2, 0.25) is 0 Å². The molecule has 0 unspecified atom stereocenters. The summed E-state index contributed by atoms with van der Waals surface area (Å²) in [4.78, 5) is 11.1. The van der Waals surface area contributed by atoms with Gasteiger partial charge in [-0.2, -0.15) is 0 Å². The van der Waals surface area contributed by atoms with Crippen LogP contribution >= 0.6 is 11.6 Å². The maximum absolute atomic E-state index is 11.1. The van der Waals surface area contributed by atoms with Gasteiger partial charge in [0, 0.05) is 6.04 Å². The molecule has 13 heavy (non-hydrogen) atoms. The number of nitrogens with one attached hydrogen (secondary N) is 1. The first kappa shape index (κ1) is 10.8. The number of halogens is 1. The molecule has 1 aliphatic carbocycles. The molecule has 0 saturated heterocycles. The number of hydrogen-bond acceptors (Lipinski definition) is 1. The van der Waals surface area contributed by atoms with E-state index < -0.39 is 0 Å². The van der Waals surface area contributed by atoms with E-state index in [9.17, 15) is 4.79 Å². The van der Waals surface area contributed by atoms with E-state index in [1.54, 1.807) is 0 Å². The van der Waals surface area contributed by atoms with Crippen molar-refractivity contribution in [1.29, 1.82) is 0 Å². The van der Waals surface area contributed by atoms with Crippen molar-refractivity contribution in [2.45, 2.75) is 39.2 Å². The fourth-order valence-corrected chi connectivity index (χ4v) is 2.11. The quantitative estimate of drug-likeness (QED) is 0.685. The average molecular weight is 204 g/mol. The fourth-order valence-electron chi connectivity index (χ4n) is 2.03. The maximum atomic E-state index is 11.1. The van der Waals surface area contributed by atoms with Crippen LogP contribution in [-0.4, -0.2) is 17.8 Å². The molecule has 1 saturated carbocycles. The third kappa shape index (κ3) is 2.87. The Morgan fingerprint density at radius 2 is 2.15 bits per heavy atom. The number of alkyl halides is 1. The van der Waals surface area contributed by atoms with E-state index in [0.29, 0.717) is 12.0 Å². The zero-order chi connectivity index (χ0) is 9.84. The van der Waals surface area contributed by atoms with E-state index in [1.165, 1.54) is 12.8 Å². The van der Waals surface area contributed by atoms with Crippen molar-refractivity contribution in [1.82, 2.24) is 5.32 Å². The lowest BCUT2D eigenvalue weighted by atomic mass is 9.78. The highest BCUT2D eigenvalue weighted by molar-refractivity contribution is 6.27. The summed E-state index contributed by atoms with van der Waals surface area (Å²) in [6, 6.07) is 0.343. The first-order valence-electron chi connectivity index (χ1n) is 5.00. The van der Waals surface area contributed by atoms with Crippen LogP contribution in [0.3, 0.4) is 0 Å². The molecule has 1 amide bonds. The monoisotopic (exact) mass is 203 g/mol. The third-order valence-electron chi connectivity index (χ3n) is 3.17. The molecular formula is C10H18ClNO. The van der Waals surface area contributed by atoms with Crippen LogP contribution in [0.4, 0.5) is 0 Å². The molecule has 76 valence electrons. The van der Waals surface area contributed by atoms with Crippen LogP contribution in [0, 0.1) is 11.8 Å². The molecule has 0 heterocycles. The van der Waals surface area contributed by atoms with Gasteiger partial charge in [0.1, 0.15) is 5.88 Å². The van der Waals surface area contributed by atoms with E-state index >= 15 is 0 Å². The molecule has 2 nitrogen and oxygen atoms in total. The normalized spacial score (nSPS) is 34.2. The highest BCUT2D eigenvalue weighted by Crippen LogP contribution is 2.29. The van der Waals surface area contributed by atoms with E-state index in [2.05, 4.69) is 19.2 Å². The Hall–Kier alpha value is -0.240. The molecular weight excluding hydrogens is 186 g/mol. The summed E-state index contributed by atoms with van der Waals surface area (Å²) in [5.41, 5.74) is 0. The van der Waals surface area contributed by atoms with Crippen molar-refractivity contribution >= 4 is 17.5 Å². The number of carbonyl (C=O) groups is 1. The van der Waals surface area contributed by atoms with Crippen molar-refractivity contribution in [2.75, 3.05) is 5.88 Å². The van der Waals surface area contributed by atoms with Gasteiger partial charge in [-0.05, 0) is 18.3 Å². The highest BCUT2D eigenvalue weighted by atomic mass is 35.5. The van der Waals surface area contributed by atoms with Crippen LogP contribution in [0.25, 0.3) is 0 Å². The van der Waals surface area contributed by atoms with Crippen molar-refractivity contribution in [3.05, 3.63) is 0 Å². The molecule has 0 aromatic heterocycles. The standard InChI is InChI=1S/C10H18ClNO/c1-7-4-3-5-9(8(7)2)12-10(13)6-11/h7-9H,3-6H2,1-2H3,(H,12,13)/t7-,8-,9+/m1/s1. The summed E-state index contributed by atoms with van der Waals surface area (Å²) in [5.74, 6) is 1.35. The molecule has 1 N–H and O–H groups in total. The second-order valence-electron chi connectivity index (χ2n) is 4.07. The number of rotatable bonds is 2. The van der Waals surface area contributed by atoms with Gasteiger partial charge < -0.3 is 5.32 Å². The molecule has 3 heteroatoms. The number of carbonyl (C=O) groups excluding carboxylic acids is 1. The van der Waals surface area contributed by atoms with Crippen molar-refractivity contribution < 1.29 is 4.79 Å². The molecule has 0 bridgehead atoms. The summed E-state index contributed by atoms with van der Waals surface area (Å²) >= 11 is 5.44. The summed E-state index contributed by atoms with van der Waals surface area (Å²) < 4.78 is 0. The van der Waals surface area contributed by atoms with Crippen LogP contribution in [0.15, 0.2) is 0 Å². The largest absolute Gasteiger partial charge is 0.352 e. The first-order chi connectivity index (χ1) is 6.15. The first-order valence-corrected chi connectivity index (χ1v) is 5.54. The van der Waals surface area contributed by atoms with Crippen LogP contribution < -0.4 is 5.32 Å². The Balaban J connectivity index is 2.43. The van der Waals surface area contributed by atoms with E-state index in [4.69, 9.17) is 11.6 Å². The van der Waals surface area contributed by atoms with Crippen molar-refractivity contribution in [2.24, 2.45) is 11.8 Å². The lowest BCUT2D eigenvalue weighted by Crippen LogP contribution is -2.44. The second kappa shape index (κ2) is 4.85. The topological polar surface area (TPSA) is 29.1 Å². The van der Waals surface area contributed by atoms with E-state index in [1.807, 2.05) is 0 Å². The van der Waals surface area contributed by atoms with Gasteiger partial charge in [-0.25, -0.2) is 0 Å². The minimum Gasteiger partial charge on any atom is -0.352 e. The average Bonchev–Trinajstić information content (AvgIpc) is 2.13. The van der Waals surface area contributed by atoms with Gasteiger partial charge in [0.05, 0.1) is 0 Å². The Bertz CT molecular complexity index is 184. The van der Waals surface area contributed by atoms with Gasteiger partial charge in [0.2, 0.25) is 5.91 Å². The van der Waals surface area contributed by atoms with E-state index in [-0.39, 0.29) is 11.8 Å². The Labute approximate surface area is 85.0 Å². The van der Waals surface area contributed by atoms with Crippen molar-refractivity contribution in [3.63, 3.8) is 0 Å². The third-order valence-corrected chi connectivity index (χ3v) is 3.42. The summed E-state index contributed by atoms with van der Waals surface area (Å²) in [6.45, 7) is 4.46. The molecule has 0 aliphatic heterocycles. The molecule has 1 aliphatic rings. The van der Waals surface area contributed by atoms with Crippen LogP contribution in [0.5, 0.6) is 0 Å². The molecule has 1 fully saturated rings. The SMILES string of the molecule is C[C@@H]1[C@H](C)CCC[C@@H]1NC(=O)CCl. The van der Waals surface area contributed by atoms with Gasteiger partial charge in [-0.1, -0.05) is 26.7 Å². The molecule has 0 spiro atoms. The lowest BCUT2D eigenvalue weighted by molar-refractivity contribution is -0.120. The molecule has 1 rings (SSSR count). The predicted octanol–water partition coefficient (Wildman–Crippen LogP) is 2.17. The molecule has 0 aromatic carbocycles. The smallest absolute Gasteiger partial charge is 0.235 e. The lowest BCUT2D eigenvalue weighted by Gasteiger charge is -2.34. The summed E-state index contributed by atoms with van der Waals surface area (Å²) in [7, 11) is 0. The van der Waals surface area contributed by atoms with Crippen molar-refractivity contribution in [3.8, 4) is 0 Å². The molecule has 0 radical (unpaired) electrons. The Morgan fingerprint density at radius 3 is 2.77 bits per heavy atom. The summed E-state index contributed by atoms with van der Waals surface area (Å²) in [5, 5.41) is 2.98. The number of hydrogen-bond donors (Lipinski definition) is 1. The Morgan fingerprint density at radius 1 is 1.46 bits per heavy atom. The van der Waals surface area contributed by atoms with Gasteiger partial charge in [0.15, 0.2) is 0 Å². The van der Waals surface area contributed by atoms with Crippen LogP contribution in [0.1, 0.15) is 33.1 Å². The molecule has 0 aromatic rings. The maximum Gasteiger partial charge on any atom is 0.235 e. The minimum absolute atomic E-state index is 0.0346. The van der Waals surface area contributed by atoms with Crippen LogP contribution in [-0.2, 0) is 4.79 Å². The minimum atomic E-state index is -0.0346. The number of amides is 1. The Kier molecular flexibility index (Phi) is 4.04.